The van der Waals surface area contributed by atoms with Crippen LogP contribution in [0.1, 0.15) is 70.0 Å². The van der Waals surface area contributed by atoms with Gasteiger partial charge in [-0.25, -0.2) is 0 Å². The van der Waals surface area contributed by atoms with E-state index in [4.69, 9.17) is 0 Å². The standard InChI is InChI=1S/C44H70N6O15/c1-24-34(15-45(7)11-30(57)18-51)25(2)40(27(4)37(24)42(63)46(8)12-31(58)19-52)49(22-55)16-35(61)36(62)17-50(23-56)41-28(5)38(43(64)47(9)13-32(59)20-53)26(3)39(29(41)6)44(65)48(10)14-33(60)21-54/h22-23,30-33,35-36,51-54,57-62H,11-21H2,1-10H3. The third-order valence-corrected chi connectivity index (χ3v) is 11.5. The summed E-state index contributed by atoms with van der Waals surface area (Å²) in [6, 6.07) is 0. The van der Waals surface area contributed by atoms with E-state index in [9.17, 15) is 75.0 Å². The summed E-state index contributed by atoms with van der Waals surface area (Å²) in [5, 5.41) is 101. The quantitative estimate of drug-likeness (QED) is 0.0419. The molecule has 2 rings (SSSR count). The van der Waals surface area contributed by atoms with Gasteiger partial charge in [-0.2, -0.15) is 0 Å². The van der Waals surface area contributed by atoms with E-state index in [1.54, 1.807) is 32.7 Å². The summed E-state index contributed by atoms with van der Waals surface area (Å²) in [7, 11) is 5.82. The third kappa shape index (κ3) is 13.7. The maximum absolute atomic E-state index is 14.0. The number of aliphatic hydroxyl groups is 10. The van der Waals surface area contributed by atoms with Crippen LogP contribution in [0.15, 0.2) is 0 Å². The number of amides is 5. The average molecular weight is 923 g/mol. The second-order valence-corrected chi connectivity index (χ2v) is 16.8. The lowest BCUT2D eigenvalue weighted by Gasteiger charge is -2.33. The van der Waals surface area contributed by atoms with E-state index in [1.807, 2.05) is 0 Å². The van der Waals surface area contributed by atoms with E-state index in [1.165, 1.54) is 46.8 Å². The Morgan fingerprint density at radius 3 is 1.05 bits per heavy atom. The van der Waals surface area contributed by atoms with Crippen molar-refractivity contribution in [1.29, 1.82) is 0 Å². The van der Waals surface area contributed by atoms with Gasteiger partial charge < -0.3 is 75.6 Å². The van der Waals surface area contributed by atoms with Crippen LogP contribution in [0.2, 0.25) is 0 Å². The molecule has 366 valence electrons. The zero-order valence-corrected chi connectivity index (χ0v) is 39.1. The molecule has 0 saturated heterocycles. The van der Waals surface area contributed by atoms with Crippen molar-refractivity contribution in [2.45, 2.75) is 84.7 Å². The van der Waals surface area contributed by atoms with Crippen molar-refractivity contribution in [2.24, 2.45) is 0 Å². The molecular weight excluding hydrogens is 853 g/mol. The molecule has 0 aliphatic heterocycles. The highest BCUT2D eigenvalue weighted by Gasteiger charge is 2.34. The molecule has 10 N–H and O–H groups in total. The average Bonchev–Trinajstić information content (AvgIpc) is 3.26. The van der Waals surface area contributed by atoms with E-state index >= 15 is 0 Å². The summed E-state index contributed by atoms with van der Waals surface area (Å²) in [5.74, 6) is -1.95. The Morgan fingerprint density at radius 1 is 0.446 bits per heavy atom. The number of hydrogen-bond acceptors (Lipinski definition) is 16. The molecule has 0 spiro atoms. The Bertz CT molecular complexity index is 1930. The molecule has 21 heteroatoms. The van der Waals surface area contributed by atoms with Gasteiger partial charge in [0.1, 0.15) is 0 Å². The van der Waals surface area contributed by atoms with E-state index < -0.39 is 93.9 Å². The Hall–Kier alpha value is -4.65. The van der Waals surface area contributed by atoms with Gasteiger partial charge >= 0.3 is 0 Å². The van der Waals surface area contributed by atoms with Crippen molar-refractivity contribution in [2.75, 3.05) is 104 Å². The molecule has 0 aliphatic carbocycles. The van der Waals surface area contributed by atoms with Crippen molar-refractivity contribution in [1.82, 2.24) is 19.6 Å². The van der Waals surface area contributed by atoms with Crippen molar-refractivity contribution in [3.05, 3.63) is 55.6 Å². The fourth-order valence-corrected chi connectivity index (χ4v) is 8.24. The third-order valence-electron chi connectivity index (χ3n) is 11.5. The minimum Gasteiger partial charge on any atom is -0.394 e. The van der Waals surface area contributed by atoms with E-state index in [-0.39, 0.29) is 77.5 Å². The van der Waals surface area contributed by atoms with E-state index in [0.29, 0.717) is 35.1 Å². The maximum Gasteiger partial charge on any atom is 0.254 e. The number of carbonyl (C=O) groups is 5. The first-order chi connectivity index (χ1) is 30.4. The number of anilines is 2. The number of hydrogen-bond donors (Lipinski definition) is 10. The molecule has 0 radical (unpaired) electrons. The monoisotopic (exact) mass is 922 g/mol. The summed E-state index contributed by atoms with van der Waals surface area (Å²) < 4.78 is 0. The highest BCUT2D eigenvalue weighted by atomic mass is 16.3. The van der Waals surface area contributed by atoms with Crippen LogP contribution in [0.4, 0.5) is 11.4 Å². The fourth-order valence-electron chi connectivity index (χ4n) is 8.24. The molecule has 2 aromatic rings. The van der Waals surface area contributed by atoms with Crippen LogP contribution in [0.3, 0.4) is 0 Å². The van der Waals surface area contributed by atoms with Crippen LogP contribution in [0, 0.1) is 41.5 Å². The van der Waals surface area contributed by atoms with Gasteiger partial charge in [-0.1, -0.05) is 0 Å². The number of carbonyl (C=O) groups excluding carboxylic acids is 5. The van der Waals surface area contributed by atoms with Gasteiger partial charge in [0.25, 0.3) is 17.7 Å². The highest BCUT2D eigenvalue weighted by molar-refractivity contribution is 6.07. The minimum atomic E-state index is -1.80. The van der Waals surface area contributed by atoms with Crippen molar-refractivity contribution < 1.29 is 75.0 Å². The molecule has 6 unspecified atom stereocenters. The smallest absolute Gasteiger partial charge is 0.254 e. The molecular formula is C44H70N6O15. The van der Waals surface area contributed by atoms with E-state index in [0.717, 1.165) is 19.6 Å². The number of benzene rings is 2. The fraction of sp³-hybridized carbons (Fsp3) is 0.614. The van der Waals surface area contributed by atoms with Gasteiger partial charge in [-0.3, -0.25) is 28.9 Å². The molecule has 65 heavy (non-hydrogen) atoms. The summed E-state index contributed by atoms with van der Waals surface area (Å²) in [4.78, 5) is 75.2. The summed E-state index contributed by atoms with van der Waals surface area (Å²) >= 11 is 0. The Kier molecular flexibility index (Phi) is 22.0. The van der Waals surface area contributed by atoms with Gasteiger partial charge in [-0.05, 0) is 87.5 Å². The molecule has 0 aromatic heterocycles. The normalized spacial score (nSPS) is 14.3. The molecule has 0 fully saturated rings. The highest BCUT2D eigenvalue weighted by Crippen LogP contribution is 2.37. The largest absolute Gasteiger partial charge is 0.394 e. The van der Waals surface area contributed by atoms with Gasteiger partial charge in [0.05, 0.1) is 87.5 Å². The Morgan fingerprint density at radius 2 is 0.738 bits per heavy atom. The topological polar surface area (TPSA) is 307 Å². The number of aliphatic hydroxyl groups excluding tert-OH is 10. The summed E-state index contributed by atoms with van der Waals surface area (Å²) in [5.41, 5.74) is 2.63. The molecule has 0 aliphatic rings. The van der Waals surface area contributed by atoms with Crippen molar-refractivity contribution >= 4 is 41.9 Å². The van der Waals surface area contributed by atoms with Crippen LogP contribution in [0.5, 0.6) is 0 Å². The molecule has 0 saturated carbocycles. The van der Waals surface area contributed by atoms with Gasteiger partial charge in [-0.15, -0.1) is 0 Å². The summed E-state index contributed by atoms with van der Waals surface area (Å²) in [6.07, 6.45) is -7.80. The lowest BCUT2D eigenvalue weighted by molar-refractivity contribution is -0.109. The van der Waals surface area contributed by atoms with Crippen LogP contribution in [-0.2, 0) is 16.1 Å². The molecule has 0 heterocycles. The first kappa shape index (κ1) is 56.5. The zero-order chi connectivity index (χ0) is 49.8. The number of nitrogens with zero attached hydrogens (tertiary/aromatic N) is 6. The maximum atomic E-state index is 14.0. The first-order valence-electron chi connectivity index (χ1n) is 21.1. The van der Waals surface area contributed by atoms with Crippen LogP contribution >= 0.6 is 0 Å². The van der Waals surface area contributed by atoms with Gasteiger partial charge in [0, 0.05) is 70.6 Å². The molecule has 5 amide bonds. The first-order valence-corrected chi connectivity index (χ1v) is 21.1. The van der Waals surface area contributed by atoms with Crippen LogP contribution in [0.25, 0.3) is 0 Å². The second kappa shape index (κ2) is 25.3. The molecule has 21 nitrogen and oxygen atoms in total. The Balaban J connectivity index is 2.77. The van der Waals surface area contributed by atoms with Crippen molar-refractivity contribution in [3.8, 4) is 0 Å². The zero-order valence-electron chi connectivity index (χ0n) is 39.1. The molecule has 6 atom stereocenters. The van der Waals surface area contributed by atoms with Crippen LogP contribution < -0.4 is 9.80 Å². The lowest BCUT2D eigenvalue weighted by atomic mass is 9.89. The van der Waals surface area contributed by atoms with Gasteiger partial charge in [0.15, 0.2) is 0 Å². The van der Waals surface area contributed by atoms with Gasteiger partial charge in [0.2, 0.25) is 12.8 Å². The van der Waals surface area contributed by atoms with Crippen molar-refractivity contribution in [3.63, 3.8) is 0 Å². The SMILES string of the molecule is Cc1c(CN(C)CC(O)CO)c(C)c(N(C=O)CC(O)C(O)CN(C=O)c2c(C)c(C(=O)N(C)CC(O)CO)c(C)c(C(=O)N(C)CC(O)CO)c2C)c(C)c1C(=O)N(C)CC(O)CO. The van der Waals surface area contributed by atoms with E-state index in [2.05, 4.69) is 0 Å². The van der Waals surface area contributed by atoms with Crippen LogP contribution in [-0.4, -0.2) is 232 Å². The number of likely N-dealkylation sites (N-methyl/N-ethyl adjacent to an activating group) is 4. The number of rotatable bonds is 26. The molecule has 0 bridgehead atoms. The Labute approximate surface area is 379 Å². The minimum absolute atomic E-state index is 0.00639. The summed E-state index contributed by atoms with van der Waals surface area (Å²) in [6.45, 7) is 5.15. The predicted octanol–water partition coefficient (Wildman–Crippen LogP) is -3.05. The molecule has 2 aromatic carbocycles. The second-order valence-electron chi connectivity index (χ2n) is 16.8. The lowest BCUT2D eigenvalue weighted by Crippen LogP contribution is -2.45. The predicted molar refractivity (Wildman–Crippen MR) is 240 cm³/mol.